The highest BCUT2D eigenvalue weighted by Gasteiger charge is 2.14. The van der Waals surface area contributed by atoms with Gasteiger partial charge in [0.15, 0.2) is 0 Å². The molecule has 0 aromatic carbocycles. The standard InChI is InChI=1S/C12H20N4O/c1-16(2)12-14-8-6-11(15-12)13-7-5-10-4-3-9-17-10/h6,8,10H,3-5,7,9H2,1-2H3,(H,13,14,15). The minimum absolute atomic E-state index is 0.428. The molecule has 17 heavy (non-hydrogen) atoms. The fourth-order valence-electron chi connectivity index (χ4n) is 1.90. The quantitative estimate of drug-likeness (QED) is 0.840. The summed E-state index contributed by atoms with van der Waals surface area (Å²) in [6, 6.07) is 1.89. The van der Waals surface area contributed by atoms with E-state index in [9.17, 15) is 0 Å². The first-order chi connectivity index (χ1) is 8.25. The predicted octanol–water partition coefficient (Wildman–Crippen LogP) is 1.52. The van der Waals surface area contributed by atoms with Crippen molar-refractivity contribution in [3.05, 3.63) is 12.3 Å². The van der Waals surface area contributed by atoms with Crippen LogP contribution in [0.15, 0.2) is 12.3 Å². The van der Waals surface area contributed by atoms with Crippen LogP contribution >= 0.6 is 0 Å². The second-order valence-corrected chi connectivity index (χ2v) is 4.49. The summed E-state index contributed by atoms with van der Waals surface area (Å²) in [6.45, 7) is 1.82. The SMILES string of the molecule is CN(C)c1nccc(NCCC2CCCO2)n1. The summed E-state index contributed by atoms with van der Waals surface area (Å²) in [6.07, 6.45) is 5.63. The molecular weight excluding hydrogens is 216 g/mol. The molecule has 5 heteroatoms. The number of ether oxygens (including phenoxy) is 1. The van der Waals surface area contributed by atoms with E-state index in [0.29, 0.717) is 6.10 Å². The Bertz CT molecular complexity index is 350. The largest absolute Gasteiger partial charge is 0.378 e. The lowest BCUT2D eigenvalue weighted by molar-refractivity contribution is 0.107. The van der Waals surface area contributed by atoms with Crippen LogP contribution in [-0.4, -0.2) is 43.3 Å². The lowest BCUT2D eigenvalue weighted by Crippen LogP contribution is -2.15. The predicted molar refractivity (Wildman–Crippen MR) is 68.4 cm³/mol. The molecule has 1 unspecified atom stereocenters. The highest BCUT2D eigenvalue weighted by atomic mass is 16.5. The van der Waals surface area contributed by atoms with Crippen molar-refractivity contribution < 1.29 is 4.74 Å². The van der Waals surface area contributed by atoms with Crippen molar-refractivity contribution in [2.24, 2.45) is 0 Å². The van der Waals surface area contributed by atoms with Gasteiger partial charge in [-0.3, -0.25) is 0 Å². The van der Waals surface area contributed by atoms with Gasteiger partial charge < -0.3 is 15.0 Å². The Kier molecular flexibility index (Phi) is 4.14. The van der Waals surface area contributed by atoms with Crippen LogP contribution < -0.4 is 10.2 Å². The molecule has 0 saturated carbocycles. The van der Waals surface area contributed by atoms with Crippen molar-refractivity contribution in [2.75, 3.05) is 37.5 Å². The van der Waals surface area contributed by atoms with Crippen LogP contribution in [0.25, 0.3) is 0 Å². The Hall–Kier alpha value is -1.36. The van der Waals surface area contributed by atoms with Crippen molar-refractivity contribution in [2.45, 2.75) is 25.4 Å². The molecule has 2 rings (SSSR count). The van der Waals surface area contributed by atoms with Gasteiger partial charge in [0.1, 0.15) is 5.82 Å². The summed E-state index contributed by atoms with van der Waals surface area (Å²) >= 11 is 0. The molecule has 0 amide bonds. The van der Waals surface area contributed by atoms with Gasteiger partial charge in [0, 0.05) is 33.4 Å². The van der Waals surface area contributed by atoms with Crippen molar-refractivity contribution in [1.82, 2.24) is 9.97 Å². The second kappa shape index (κ2) is 5.82. The van der Waals surface area contributed by atoms with Crippen LogP contribution in [0.2, 0.25) is 0 Å². The lowest BCUT2D eigenvalue weighted by Gasteiger charge is -2.13. The number of nitrogens with one attached hydrogen (secondary N) is 1. The van der Waals surface area contributed by atoms with Crippen LogP contribution in [0, 0.1) is 0 Å². The maximum absolute atomic E-state index is 5.57. The van der Waals surface area contributed by atoms with Gasteiger partial charge in [-0.1, -0.05) is 0 Å². The average molecular weight is 236 g/mol. The van der Waals surface area contributed by atoms with Gasteiger partial charge >= 0.3 is 0 Å². The summed E-state index contributed by atoms with van der Waals surface area (Å²) in [7, 11) is 3.87. The van der Waals surface area contributed by atoms with Crippen LogP contribution in [0.4, 0.5) is 11.8 Å². The summed E-state index contributed by atoms with van der Waals surface area (Å²) in [5, 5.41) is 3.31. The Balaban J connectivity index is 1.79. The third-order valence-electron chi connectivity index (χ3n) is 2.84. The van der Waals surface area contributed by atoms with Crippen LogP contribution in [-0.2, 0) is 4.74 Å². The minimum atomic E-state index is 0.428. The molecular formula is C12H20N4O. The summed E-state index contributed by atoms with van der Waals surface area (Å²) in [4.78, 5) is 10.5. The van der Waals surface area contributed by atoms with E-state index in [1.807, 2.05) is 25.1 Å². The van der Waals surface area contributed by atoms with Gasteiger partial charge in [-0.15, -0.1) is 0 Å². The molecule has 1 aromatic rings. The molecule has 1 N–H and O–H groups in total. The van der Waals surface area contributed by atoms with Crippen LogP contribution in [0.5, 0.6) is 0 Å². The fraction of sp³-hybridized carbons (Fsp3) is 0.667. The van der Waals surface area contributed by atoms with E-state index in [1.54, 1.807) is 6.20 Å². The maximum Gasteiger partial charge on any atom is 0.226 e. The highest BCUT2D eigenvalue weighted by molar-refractivity contribution is 5.40. The van der Waals surface area contributed by atoms with E-state index in [0.717, 1.165) is 31.3 Å². The van der Waals surface area contributed by atoms with Crippen LogP contribution in [0.1, 0.15) is 19.3 Å². The number of aromatic nitrogens is 2. The number of rotatable bonds is 5. The molecule has 0 aliphatic carbocycles. The Morgan fingerprint density at radius 2 is 2.41 bits per heavy atom. The minimum Gasteiger partial charge on any atom is -0.378 e. The molecule has 1 fully saturated rings. The van der Waals surface area contributed by atoms with Gasteiger partial charge in [0.05, 0.1) is 6.10 Å². The fourth-order valence-corrected chi connectivity index (χ4v) is 1.90. The molecule has 0 spiro atoms. The van der Waals surface area contributed by atoms with E-state index in [4.69, 9.17) is 4.74 Å². The monoisotopic (exact) mass is 236 g/mol. The van der Waals surface area contributed by atoms with Crippen molar-refractivity contribution in [3.8, 4) is 0 Å². The van der Waals surface area contributed by atoms with Crippen molar-refractivity contribution >= 4 is 11.8 Å². The molecule has 1 aliphatic heterocycles. The van der Waals surface area contributed by atoms with Gasteiger partial charge in [0.2, 0.25) is 5.95 Å². The summed E-state index contributed by atoms with van der Waals surface area (Å²) < 4.78 is 5.57. The van der Waals surface area contributed by atoms with Gasteiger partial charge in [-0.25, -0.2) is 4.98 Å². The smallest absolute Gasteiger partial charge is 0.226 e. The van der Waals surface area contributed by atoms with Crippen molar-refractivity contribution in [1.29, 1.82) is 0 Å². The lowest BCUT2D eigenvalue weighted by atomic mass is 10.2. The van der Waals surface area contributed by atoms with E-state index in [1.165, 1.54) is 12.8 Å². The zero-order valence-electron chi connectivity index (χ0n) is 10.5. The Morgan fingerprint density at radius 3 is 3.12 bits per heavy atom. The molecule has 94 valence electrons. The molecule has 1 aliphatic rings. The average Bonchev–Trinajstić information content (AvgIpc) is 2.82. The van der Waals surface area contributed by atoms with Crippen LogP contribution in [0.3, 0.4) is 0 Å². The summed E-state index contributed by atoms with van der Waals surface area (Å²) in [5.41, 5.74) is 0. The second-order valence-electron chi connectivity index (χ2n) is 4.49. The first kappa shape index (κ1) is 12.1. The topological polar surface area (TPSA) is 50.3 Å². The first-order valence-electron chi connectivity index (χ1n) is 6.11. The zero-order chi connectivity index (χ0) is 12.1. The molecule has 0 bridgehead atoms. The van der Waals surface area contributed by atoms with E-state index >= 15 is 0 Å². The molecule has 2 heterocycles. The first-order valence-corrected chi connectivity index (χ1v) is 6.11. The van der Waals surface area contributed by atoms with Crippen molar-refractivity contribution in [3.63, 3.8) is 0 Å². The molecule has 1 saturated heterocycles. The van der Waals surface area contributed by atoms with E-state index in [2.05, 4.69) is 15.3 Å². The number of hydrogen-bond donors (Lipinski definition) is 1. The van der Waals surface area contributed by atoms with Gasteiger partial charge in [0.25, 0.3) is 0 Å². The Labute approximate surface area is 102 Å². The number of anilines is 2. The normalized spacial score (nSPS) is 19.3. The third kappa shape index (κ3) is 3.56. The highest BCUT2D eigenvalue weighted by Crippen LogP contribution is 2.15. The molecule has 5 nitrogen and oxygen atoms in total. The molecule has 0 radical (unpaired) electrons. The number of nitrogens with zero attached hydrogens (tertiary/aromatic N) is 3. The maximum atomic E-state index is 5.57. The van der Waals surface area contributed by atoms with Gasteiger partial charge in [-0.2, -0.15) is 4.98 Å². The Morgan fingerprint density at radius 1 is 1.53 bits per heavy atom. The third-order valence-corrected chi connectivity index (χ3v) is 2.84. The molecule has 1 atom stereocenters. The van der Waals surface area contributed by atoms with Gasteiger partial charge in [-0.05, 0) is 25.3 Å². The number of hydrogen-bond acceptors (Lipinski definition) is 5. The zero-order valence-corrected chi connectivity index (χ0v) is 10.5. The summed E-state index contributed by atoms with van der Waals surface area (Å²) in [5.74, 6) is 1.61. The molecule has 1 aromatic heterocycles. The van der Waals surface area contributed by atoms with E-state index in [-0.39, 0.29) is 0 Å². The van der Waals surface area contributed by atoms with E-state index < -0.39 is 0 Å².